The first kappa shape index (κ1) is 26.9. The molecule has 0 atom stereocenters. The Bertz CT molecular complexity index is 709. The SMILES string of the molecule is CCNC(=NCc1ccc(C)cc1OC(C)C)NCCCNS(=O)(=O)CC.I. The fourth-order valence-electron chi connectivity index (χ4n) is 2.29. The van der Waals surface area contributed by atoms with Crippen molar-refractivity contribution in [3.63, 3.8) is 0 Å². The molecular formula is C19H35IN4O3S. The van der Waals surface area contributed by atoms with Gasteiger partial charge in [-0.25, -0.2) is 18.1 Å². The van der Waals surface area contributed by atoms with Crippen LogP contribution in [0.25, 0.3) is 0 Å². The summed E-state index contributed by atoms with van der Waals surface area (Å²) in [7, 11) is -3.13. The highest BCUT2D eigenvalue weighted by atomic mass is 127. The summed E-state index contributed by atoms with van der Waals surface area (Å²) in [4.78, 5) is 4.62. The zero-order valence-electron chi connectivity index (χ0n) is 17.5. The number of nitrogens with one attached hydrogen (secondary N) is 3. The molecule has 0 spiro atoms. The lowest BCUT2D eigenvalue weighted by molar-refractivity contribution is 0.240. The lowest BCUT2D eigenvalue weighted by Crippen LogP contribution is -2.38. The smallest absolute Gasteiger partial charge is 0.211 e. The van der Waals surface area contributed by atoms with Crippen molar-refractivity contribution in [2.45, 2.75) is 53.7 Å². The molecule has 0 saturated heterocycles. The number of aliphatic imine (C=N–C) groups is 1. The van der Waals surface area contributed by atoms with Crippen molar-refractivity contribution in [1.82, 2.24) is 15.4 Å². The Morgan fingerprint density at radius 1 is 1.18 bits per heavy atom. The fourth-order valence-corrected chi connectivity index (χ4v) is 2.95. The van der Waals surface area contributed by atoms with E-state index in [1.54, 1.807) is 6.92 Å². The monoisotopic (exact) mass is 526 g/mol. The molecule has 0 fully saturated rings. The average Bonchev–Trinajstić information content (AvgIpc) is 2.60. The largest absolute Gasteiger partial charge is 0.491 e. The molecule has 1 aromatic carbocycles. The first-order valence-corrected chi connectivity index (χ1v) is 11.2. The van der Waals surface area contributed by atoms with E-state index in [4.69, 9.17) is 4.74 Å². The molecule has 0 unspecified atom stereocenters. The summed E-state index contributed by atoms with van der Waals surface area (Å²) in [5.41, 5.74) is 2.18. The van der Waals surface area contributed by atoms with Gasteiger partial charge in [-0.2, -0.15) is 0 Å². The maximum absolute atomic E-state index is 11.4. The molecule has 0 amide bonds. The molecule has 0 aliphatic rings. The van der Waals surface area contributed by atoms with E-state index in [1.165, 1.54) is 0 Å². The summed E-state index contributed by atoms with van der Waals surface area (Å²) < 4.78 is 31.3. The number of nitrogens with zero attached hydrogens (tertiary/aromatic N) is 1. The van der Waals surface area contributed by atoms with Gasteiger partial charge in [-0.1, -0.05) is 12.1 Å². The van der Waals surface area contributed by atoms with Crippen LogP contribution in [-0.4, -0.2) is 45.9 Å². The molecule has 1 aromatic rings. The molecule has 7 nitrogen and oxygen atoms in total. The van der Waals surface area contributed by atoms with Crippen LogP contribution in [0.5, 0.6) is 5.75 Å². The Hall–Kier alpha value is -1.07. The van der Waals surface area contributed by atoms with Crippen LogP contribution < -0.4 is 20.1 Å². The molecule has 0 aliphatic heterocycles. The maximum Gasteiger partial charge on any atom is 0.211 e. The van der Waals surface area contributed by atoms with E-state index in [0.717, 1.165) is 23.4 Å². The first-order chi connectivity index (χ1) is 12.8. The second-order valence-electron chi connectivity index (χ2n) is 6.55. The summed E-state index contributed by atoms with van der Waals surface area (Å²) in [5, 5.41) is 6.43. The van der Waals surface area contributed by atoms with Crippen LogP contribution in [0.15, 0.2) is 23.2 Å². The van der Waals surface area contributed by atoms with Crippen molar-refractivity contribution in [2.75, 3.05) is 25.4 Å². The van der Waals surface area contributed by atoms with Gasteiger partial charge in [0.2, 0.25) is 10.0 Å². The lowest BCUT2D eigenvalue weighted by atomic mass is 10.1. The lowest BCUT2D eigenvalue weighted by Gasteiger charge is -2.15. The maximum atomic E-state index is 11.4. The van der Waals surface area contributed by atoms with Gasteiger partial charge in [0.25, 0.3) is 0 Å². The highest BCUT2D eigenvalue weighted by Gasteiger charge is 2.07. The number of rotatable bonds is 11. The van der Waals surface area contributed by atoms with Crippen molar-refractivity contribution in [1.29, 1.82) is 0 Å². The third kappa shape index (κ3) is 11.1. The zero-order chi connectivity index (χ0) is 20.3. The quantitative estimate of drug-likeness (QED) is 0.179. The standard InChI is InChI=1S/C19H34N4O3S.HI/c1-6-20-19(21-11-8-12-23-27(24,25)7-2)22-14-17-10-9-16(5)13-18(17)26-15(3)4;/h9-10,13,15,23H,6-8,11-12,14H2,1-5H3,(H2,20,21,22);1H. The highest BCUT2D eigenvalue weighted by molar-refractivity contribution is 14.0. The zero-order valence-corrected chi connectivity index (χ0v) is 20.7. The second kappa shape index (κ2) is 14.0. The van der Waals surface area contributed by atoms with Gasteiger partial charge in [0.1, 0.15) is 5.75 Å². The molecule has 0 aliphatic carbocycles. The predicted octanol–water partition coefficient (Wildman–Crippen LogP) is 2.78. The highest BCUT2D eigenvalue weighted by Crippen LogP contribution is 2.22. The second-order valence-corrected chi connectivity index (χ2v) is 8.65. The van der Waals surface area contributed by atoms with Crippen molar-refractivity contribution >= 4 is 40.0 Å². The summed E-state index contributed by atoms with van der Waals surface area (Å²) in [6.07, 6.45) is 0.781. The van der Waals surface area contributed by atoms with E-state index < -0.39 is 10.0 Å². The van der Waals surface area contributed by atoms with Gasteiger partial charge in [-0.05, 0) is 52.7 Å². The summed E-state index contributed by atoms with van der Waals surface area (Å²) in [6, 6.07) is 6.13. The number of sulfonamides is 1. The molecular weight excluding hydrogens is 491 g/mol. The number of aryl methyl sites for hydroxylation is 1. The first-order valence-electron chi connectivity index (χ1n) is 9.53. The van der Waals surface area contributed by atoms with Gasteiger partial charge in [0, 0.05) is 25.2 Å². The van der Waals surface area contributed by atoms with Gasteiger partial charge < -0.3 is 15.4 Å². The minimum absolute atomic E-state index is 0. The topological polar surface area (TPSA) is 91.8 Å². The number of benzene rings is 1. The molecule has 28 heavy (non-hydrogen) atoms. The van der Waals surface area contributed by atoms with Crippen LogP contribution >= 0.6 is 24.0 Å². The predicted molar refractivity (Wildman–Crippen MR) is 127 cm³/mol. The average molecular weight is 526 g/mol. The third-order valence-electron chi connectivity index (χ3n) is 3.69. The molecule has 3 N–H and O–H groups in total. The summed E-state index contributed by atoms with van der Waals surface area (Å²) in [5.74, 6) is 1.66. The van der Waals surface area contributed by atoms with Gasteiger partial charge in [-0.3, -0.25) is 0 Å². The van der Waals surface area contributed by atoms with E-state index in [9.17, 15) is 8.42 Å². The Balaban J connectivity index is 0.00000729. The number of halogens is 1. The van der Waals surface area contributed by atoms with Crippen LogP contribution in [-0.2, 0) is 16.6 Å². The number of guanidine groups is 1. The Morgan fingerprint density at radius 2 is 1.89 bits per heavy atom. The minimum Gasteiger partial charge on any atom is -0.491 e. The van der Waals surface area contributed by atoms with Crippen LogP contribution in [0, 0.1) is 6.92 Å². The number of ether oxygens (including phenoxy) is 1. The van der Waals surface area contributed by atoms with Crippen molar-refractivity contribution in [3.05, 3.63) is 29.3 Å². The van der Waals surface area contributed by atoms with Crippen LogP contribution in [0.1, 0.15) is 45.2 Å². The molecule has 9 heteroatoms. The van der Waals surface area contributed by atoms with Gasteiger partial charge in [0.15, 0.2) is 5.96 Å². The normalized spacial score (nSPS) is 11.9. The van der Waals surface area contributed by atoms with Crippen LogP contribution in [0.2, 0.25) is 0 Å². The van der Waals surface area contributed by atoms with E-state index in [2.05, 4.69) is 26.4 Å². The van der Waals surface area contributed by atoms with E-state index in [1.807, 2.05) is 39.8 Å². The summed E-state index contributed by atoms with van der Waals surface area (Å²) in [6.45, 7) is 12.0. The Kier molecular flexibility index (Phi) is 13.5. The van der Waals surface area contributed by atoms with Crippen LogP contribution in [0.4, 0.5) is 0 Å². The number of hydrogen-bond donors (Lipinski definition) is 3. The Labute approximate surface area is 187 Å². The van der Waals surface area contributed by atoms with E-state index in [0.29, 0.717) is 32.0 Å². The van der Waals surface area contributed by atoms with Crippen molar-refractivity contribution in [2.24, 2.45) is 4.99 Å². The van der Waals surface area contributed by atoms with Gasteiger partial charge in [0.05, 0.1) is 18.4 Å². The Morgan fingerprint density at radius 3 is 2.50 bits per heavy atom. The van der Waals surface area contributed by atoms with Crippen molar-refractivity contribution in [3.8, 4) is 5.75 Å². The third-order valence-corrected chi connectivity index (χ3v) is 5.09. The minimum atomic E-state index is -3.13. The van der Waals surface area contributed by atoms with Crippen molar-refractivity contribution < 1.29 is 13.2 Å². The van der Waals surface area contributed by atoms with Gasteiger partial charge in [-0.15, -0.1) is 24.0 Å². The van der Waals surface area contributed by atoms with E-state index >= 15 is 0 Å². The van der Waals surface area contributed by atoms with Crippen LogP contribution in [0.3, 0.4) is 0 Å². The molecule has 162 valence electrons. The molecule has 0 radical (unpaired) electrons. The molecule has 1 rings (SSSR count). The number of hydrogen-bond acceptors (Lipinski definition) is 4. The molecule has 0 bridgehead atoms. The summed E-state index contributed by atoms with van der Waals surface area (Å²) >= 11 is 0. The molecule has 0 saturated carbocycles. The van der Waals surface area contributed by atoms with Gasteiger partial charge >= 0.3 is 0 Å². The molecule has 0 aromatic heterocycles. The van der Waals surface area contributed by atoms with E-state index in [-0.39, 0.29) is 35.8 Å². The molecule has 0 heterocycles. The fraction of sp³-hybridized carbons (Fsp3) is 0.632.